The first-order valence-electron chi connectivity index (χ1n) is 9.13. The molecule has 1 saturated heterocycles. The third-order valence-corrected chi connectivity index (χ3v) is 5.01. The molecule has 0 spiro atoms. The summed E-state index contributed by atoms with van der Waals surface area (Å²) >= 11 is 0. The third-order valence-electron chi connectivity index (χ3n) is 5.01. The fourth-order valence-electron chi connectivity index (χ4n) is 3.43. The lowest BCUT2D eigenvalue weighted by molar-refractivity contribution is -0.133. The Morgan fingerprint density at radius 2 is 2.00 bits per heavy atom. The number of ether oxygens (including phenoxy) is 1. The van der Waals surface area contributed by atoms with Crippen LogP contribution >= 0.6 is 0 Å². The molecule has 138 valence electrons. The van der Waals surface area contributed by atoms with Crippen molar-refractivity contribution in [2.45, 2.75) is 52.9 Å². The molecule has 0 aliphatic carbocycles. The van der Waals surface area contributed by atoms with E-state index in [4.69, 9.17) is 10.5 Å². The van der Waals surface area contributed by atoms with E-state index in [0.29, 0.717) is 25.4 Å². The van der Waals surface area contributed by atoms with Gasteiger partial charge >= 0.3 is 0 Å². The Hall–Kier alpha value is -2.04. The first kappa shape index (κ1) is 19.3. The van der Waals surface area contributed by atoms with Crippen molar-refractivity contribution in [3.05, 3.63) is 28.8 Å². The van der Waals surface area contributed by atoms with E-state index in [1.165, 1.54) is 5.56 Å². The predicted molar refractivity (Wildman–Crippen MR) is 98.5 cm³/mol. The van der Waals surface area contributed by atoms with Crippen LogP contribution in [0.5, 0.6) is 5.75 Å². The minimum Gasteiger partial charge on any atom is -0.493 e. The van der Waals surface area contributed by atoms with Crippen molar-refractivity contribution in [3.63, 3.8) is 0 Å². The van der Waals surface area contributed by atoms with Crippen molar-refractivity contribution in [2.24, 2.45) is 11.7 Å². The van der Waals surface area contributed by atoms with Crippen LogP contribution in [0.3, 0.4) is 0 Å². The molecule has 0 radical (unpaired) electrons. The molecule has 0 saturated carbocycles. The smallest absolute Gasteiger partial charge is 0.226 e. The summed E-state index contributed by atoms with van der Waals surface area (Å²) < 4.78 is 5.86. The van der Waals surface area contributed by atoms with Gasteiger partial charge in [-0.05, 0) is 68.7 Å². The second kappa shape index (κ2) is 8.88. The Kier molecular flexibility index (Phi) is 6.85. The number of nitrogens with zero attached hydrogens (tertiary/aromatic N) is 1. The molecule has 2 N–H and O–H groups in total. The summed E-state index contributed by atoms with van der Waals surface area (Å²) in [6, 6.07) is 4.15. The standard InChI is InChI=1S/C20H30N2O3/c1-14-11-15(2)16(3)18(12-14)25-10-8-20(24)22-9-4-5-17(13-22)6-7-19(21)23/h11-12,17H,4-10,13H2,1-3H3,(H2,21,23)/t17-/m0/s1. The number of amides is 2. The fraction of sp³-hybridized carbons (Fsp3) is 0.600. The summed E-state index contributed by atoms with van der Waals surface area (Å²) in [6.45, 7) is 8.08. The monoisotopic (exact) mass is 346 g/mol. The summed E-state index contributed by atoms with van der Waals surface area (Å²) in [4.78, 5) is 25.3. The summed E-state index contributed by atoms with van der Waals surface area (Å²) in [5, 5.41) is 0. The van der Waals surface area contributed by atoms with Gasteiger partial charge in [0, 0.05) is 19.5 Å². The van der Waals surface area contributed by atoms with Crippen molar-refractivity contribution in [1.82, 2.24) is 4.90 Å². The van der Waals surface area contributed by atoms with Crippen LogP contribution in [-0.2, 0) is 9.59 Å². The molecule has 25 heavy (non-hydrogen) atoms. The Morgan fingerprint density at radius 3 is 2.72 bits per heavy atom. The molecule has 0 bridgehead atoms. The van der Waals surface area contributed by atoms with Gasteiger partial charge in [-0.15, -0.1) is 0 Å². The molecule has 1 aliphatic heterocycles. The highest BCUT2D eigenvalue weighted by Gasteiger charge is 2.23. The number of benzene rings is 1. The van der Waals surface area contributed by atoms with Gasteiger partial charge in [0.2, 0.25) is 11.8 Å². The molecule has 5 nitrogen and oxygen atoms in total. The molecule has 1 fully saturated rings. The molecule has 1 heterocycles. The van der Waals surface area contributed by atoms with Crippen LogP contribution in [0.2, 0.25) is 0 Å². The first-order chi connectivity index (χ1) is 11.9. The zero-order valence-corrected chi connectivity index (χ0v) is 15.6. The lowest BCUT2D eigenvalue weighted by Gasteiger charge is -2.32. The van der Waals surface area contributed by atoms with E-state index in [-0.39, 0.29) is 11.8 Å². The van der Waals surface area contributed by atoms with Gasteiger partial charge in [0.1, 0.15) is 5.75 Å². The highest BCUT2D eigenvalue weighted by atomic mass is 16.5. The van der Waals surface area contributed by atoms with Gasteiger partial charge in [-0.2, -0.15) is 0 Å². The average molecular weight is 346 g/mol. The topological polar surface area (TPSA) is 72.6 Å². The second-order valence-corrected chi connectivity index (χ2v) is 7.16. The lowest BCUT2D eigenvalue weighted by atomic mass is 9.93. The molecule has 2 rings (SSSR count). The molecule has 1 aliphatic rings. The number of primary amides is 1. The summed E-state index contributed by atoms with van der Waals surface area (Å²) in [7, 11) is 0. The van der Waals surface area contributed by atoms with E-state index >= 15 is 0 Å². The number of likely N-dealkylation sites (tertiary alicyclic amines) is 1. The van der Waals surface area contributed by atoms with Crippen molar-refractivity contribution in [2.75, 3.05) is 19.7 Å². The molecule has 1 aromatic rings. The van der Waals surface area contributed by atoms with Gasteiger partial charge in [-0.25, -0.2) is 0 Å². The maximum absolute atomic E-state index is 12.4. The Labute approximate surface area is 150 Å². The molecular weight excluding hydrogens is 316 g/mol. The zero-order valence-electron chi connectivity index (χ0n) is 15.6. The van der Waals surface area contributed by atoms with Crippen molar-refractivity contribution in [3.8, 4) is 5.75 Å². The minimum atomic E-state index is -0.263. The Bertz CT molecular complexity index is 628. The first-order valence-corrected chi connectivity index (χ1v) is 9.13. The number of carbonyl (C=O) groups excluding carboxylic acids is 2. The van der Waals surface area contributed by atoms with Crippen LogP contribution in [0.1, 0.15) is 48.8 Å². The number of piperidine rings is 1. The number of hydrogen-bond donors (Lipinski definition) is 1. The van der Waals surface area contributed by atoms with Crippen LogP contribution in [0, 0.1) is 26.7 Å². The van der Waals surface area contributed by atoms with E-state index in [9.17, 15) is 9.59 Å². The van der Waals surface area contributed by atoms with Gasteiger partial charge in [0.05, 0.1) is 13.0 Å². The van der Waals surface area contributed by atoms with Crippen LogP contribution in [0.15, 0.2) is 12.1 Å². The fourth-order valence-corrected chi connectivity index (χ4v) is 3.43. The van der Waals surface area contributed by atoms with Gasteiger partial charge in [-0.3, -0.25) is 9.59 Å². The summed E-state index contributed by atoms with van der Waals surface area (Å²) in [5.74, 6) is 1.11. The van der Waals surface area contributed by atoms with Crippen LogP contribution < -0.4 is 10.5 Å². The maximum atomic E-state index is 12.4. The molecule has 0 aromatic heterocycles. The number of aryl methyl sites for hydroxylation is 2. The van der Waals surface area contributed by atoms with E-state index in [0.717, 1.165) is 49.2 Å². The van der Waals surface area contributed by atoms with Crippen molar-refractivity contribution < 1.29 is 14.3 Å². The molecule has 5 heteroatoms. The van der Waals surface area contributed by atoms with Crippen LogP contribution in [0.25, 0.3) is 0 Å². The molecule has 0 unspecified atom stereocenters. The average Bonchev–Trinajstić information content (AvgIpc) is 2.57. The lowest BCUT2D eigenvalue weighted by Crippen LogP contribution is -2.40. The highest BCUT2D eigenvalue weighted by Crippen LogP contribution is 2.24. The van der Waals surface area contributed by atoms with Gasteiger partial charge < -0.3 is 15.4 Å². The normalized spacial score (nSPS) is 17.4. The highest BCUT2D eigenvalue weighted by molar-refractivity contribution is 5.76. The van der Waals surface area contributed by atoms with E-state index in [2.05, 4.69) is 13.0 Å². The zero-order chi connectivity index (χ0) is 18.4. The summed E-state index contributed by atoms with van der Waals surface area (Å²) in [6.07, 6.45) is 3.62. The summed E-state index contributed by atoms with van der Waals surface area (Å²) in [5.41, 5.74) is 8.72. The molecular formula is C20H30N2O3. The van der Waals surface area contributed by atoms with Crippen LogP contribution in [-0.4, -0.2) is 36.4 Å². The minimum absolute atomic E-state index is 0.130. The number of carbonyl (C=O) groups is 2. The van der Waals surface area contributed by atoms with Crippen LogP contribution in [0.4, 0.5) is 0 Å². The Balaban J connectivity index is 1.81. The number of nitrogens with two attached hydrogens (primary N) is 1. The van der Waals surface area contributed by atoms with Crippen molar-refractivity contribution >= 4 is 11.8 Å². The van der Waals surface area contributed by atoms with E-state index < -0.39 is 0 Å². The van der Waals surface area contributed by atoms with Crippen molar-refractivity contribution in [1.29, 1.82) is 0 Å². The second-order valence-electron chi connectivity index (χ2n) is 7.16. The van der Waals surface area contributed by atoms with Gasteiger partial charge in [0.25, 0.3) is 0 Å². The predicted octanol–water partition coefficient (Wildman–Crippen LogP) is 2.88. The van der Waals surface area contributed by atoms with Gasteiger partial charge in [-0.1, -0.05) is 6.07 Å². The molecule has 1 aromatic carbocycles. The maximum Gasteiger partial charge on any atom is 0.226 e. The largest absolute Gasteiger partial charge is 0.493 e. The quantitative estimate of drug-likeness (QED) is 0.825. The number of rotatable bonds is 7. The van der Waals surface area contributed by atoms with E-state index in [1.54, 1.807) is 0 Å². The van der Waals surface area contributed by atoms with E-state index in [1.807, 2.05) is 24.8 Å². The number of hydrogen-bond acceptors (Lipinski definition) is 3. The molecule has 2 amide bonds. The third kappa shape index (κ3) is 5.76. The SMILES string of the molecule is Cc1cc(C)c(C)c(OCCC(=O)N2CCC[C@@H](CCC(N)=O)C2)c1. The Morgan fingerprint density at radius 1 is 1.24 bits per heavy atom. The molecule has 1 atom stereocenters. The van der Waals surface area contributed by atoms with Gasteiger partial charge in [0.15, 0.2) is 0 Å².